The standard InChI is InChI=1S/C11H13NO2/c1-3-6-14-11-7-10(13-2)5-4-9(11)8-12/h4-5,7H,3,6H2,1-2H3. The molecule has 0 saturated carbocycles. The van der Waals surface area contributed by atoms with Gasteiger partial charge in [0.2, 0.25) is 0 Å². The van der Waals surface area contributed by atoms with Crippen molar-refractivity contribution in [2.24, 2.45) is 0 Å². The van der Waals surface area contributed by atoms with Gasteiger partial charge in [0.25, 0.3) is 0 Å². The fourth-order valence-corrected chi connectivity index (χ4v) is 1.05. The fraction of sp³-hybridized carbons (Fsp3) is 0.364. The van der Waals surface area contributed by atoms with Gasteiger partial charge in [-0.3, -0.25) is 0 Å². The Bertz CT molecular complexity index is 342. The fourth-order valence-electron chi connectivity index (χ4n) is 1.05. The van der Waals surface area contributed by atoms with Crippen LogP contribution in [0.25, 0.3) is 0 Å². The van der Waals surface area contributed by atoms with E-state index in [-0.39, 0.29) is 0 Å². The molecule has 1 aromatic rings. The smallest absolute Gasteiger partial charge is 0.140 e. The predicted octanol–water partition coefficient (Wildman–Crippen LogP) is 2.36. The molecule has 14 heavy (non-hydrogen) atoms. The van der Waals surface area contributed by atoms with Gasteiger partial charge in [-0.25, -0.2) is 0 Å². The highest BCUT2D eigenvalue weighted by Crippen LogP contribution is 2.24. The minimum absolute atomic E-state index is 0.541. The van der Waals surface area contributed by atoms with E-state index >= 15 is 0 Å². The summed E-state index contributed by atoms with van der Waals surface area (Å²) in [6, 6.07) is 7.25. The van der Waals surface area contributed by atoms with Crippen molar-refractivity contribution in [1.29, 1.82) is 5.26 Å². The van der Waals surface area contributed by atoms with Crippen molar-refractivity contribution in [2.45, 2.75) is 13.3 Å². The molecule has 0 aliphatic rings. The van der Waals surface area contributed by atoms with Crippen LogP contribution in [0.1, 0.15) is 18.9 Å². The normalized spacial score (nSPS) is 9.21. The van der Waals surface area contributed by atoms with Crippen LogP contribution < -0.4 is 9.47 Å². The first-order valence-electron chi connectivity index (χ1n) is 4.52. The molecule has 74 valence electrons. The molecule has 0 aromatic heterocycles. The second-order valence-electron chi connectivity index (χ2n) is 2.82. The van der Waals surface area contributed by atoms with Crippen molar-refractivity contribution in [1.82, 2.24) is 0 Å². The van der Waals surface area contributed by atoms with Gasteiger partial charge in [-0.1, -0.05) is 6.92 Å². The van der Waals surface area contributed by atoms with Crippen LogP contribution in [-0.4, -0.2) is 13.7 Å². The van der Waals surface area contributed by atoms with Gasteiger partial charge in [0, 0.05) is 6.07 Å². The van der Waals surface area contributed by atoms with E-state index in [0.717, 1.165) is 6.42 Å². The molecular weight excluding hydrogens is 178 g/mol. The third-order valence-electron chi connectivity index (χ3n) is 1.77. The van der Waals surface area contributed by atoms with E-state index in [1.807, 2.05) is 6.92 Å². The summed E-state index contributed by atoms with van der Waals surface area (Å²) in [5.41, 5.74) is 0.541. The lowest BCUT2D eigenvalue weighted by Crippen LogP contribution is -1.97. The monoisotopic (exact) mass is 191 g/mol. The van der Waals surface area contributed by atoms with E-state index in [4.69, 9.17) is 14.7 Å². The van der Waals surface area contributed by atoms with Gasteiger partial charge < -0.3 is 9.47 Å². The first kappa shape index (κ1) is 10.4. The average Bonchev–Trinajstić information content (AvgIpc) is 2.25. The van der Waals surface area contributed by atoms with Crippen LogP contribution in [0.4, 0.5) is 0 Å². The predicted molar refractivity (Wildman–Crippen MR) is 53.5 cm³/mol. The van der Waals surface area contributed by atoms with E-state index in [9.17, 15) is 0 Å². The number of methoxy groups -OCH3 is 1. The van der Waals surface area contributed by atoms with Crippen LogP contribution in [0.3, 0.4) is 0 Å². The molecule has 0 fully saturated rings. The van der Waals surface area contributed by atoms with Crippen LogP contribution in [0.2, 0.25) is 0 Å². The van der Waals surface area contributed by atoms with Gasteiger partial charge >= 0.3 is 0 Å². The average molecular weight is 191 g/mol. The highest BCUT2D eigenvalue weighted by molar-refractivity contribution is 5.47. The second-order valence-corrected chi connectivity index (χ2v) is 2.82. The van der Waals surface area contributed by atoms with Crippen molar-refractivity contribution >= 4 is 0 Å². The van der Waals surface area contributed by atoms with Crippen molar-refractivity contribution in [3.63, 3.8) is 0 Å². The Balaban J connectivity index is 2.91. The minimum atomic E-state index is 0.541. The first-order chi connectivity index (χ1) is 6.81. The molecule has 0 N–H and O–H groups in total. The largest absolute Gasteiger partial charge is 0.497 e. The number of rotatable bonds is 4. The first-order valence-corrected chi connectivity index (χ1v) is 4.52. The van der Waals surface area contributed by atoms with Gasteiger partial charge in [0.1, 0.15) is 17.6 Å². The maximum absolute atomic E-state index is 8.81. The van der Waals surface area contributed by atoms with Gasteiger partial charge in [0.05, 0.1) is 19.3 Å². The molecule has 0 aliphatic heterocycles. The molecule has 3 heteroatoms. The molecule has 0 saturated heterocycles. The van der Waals surface area contributed by atoms with E-state index in [2.05, 4.69) is 6.07 Å². The van der Waals surface area contributed by atoms with Crippen molar-refractivity contribution in [3.05, 3.63) is 23.8 Å². The van der Waals surface area contributed by atoms with Crippen molar-refractivity contribution < 1.29 is 9.47 Å². The van der Waals surface area contributed by atoms with Crippen LogP contribution in [0.15, 0.2) is 18.2 Å². The van der Waals surface area contributed by atoms with Crippen molar-refractivity contribution in [2.75, 3.05) is 13.7 Å². The highest BCUT2D eigenvalue weighted by atomic mass is 16.5. The molecule has 0 bridgehead atoms. The summed E-state index contributed by atoms with van der Waals surface area (Å²) in [5, 5.41) is 8.81. The van der Waals surface area contributed by atoms with Gasteiger partial charge in [0.15, 0.2) is 0 Å². The summed E-state index contributed by atoms with van der Waals surface area (Å²) in [6.45, 7) is 2.63. The second kappa shape index (κ2) is 5.13. The Hall–Kier alpha value is -1.69. The van der Waals surface area contributed by atoms with Crippen LogP contribution in [0, 0.1) is 11.3 Å². The molecule has 0 atom stereocenters. The number of nitriles is 1. The Labute approximate surface area is 83.9 Å². The van der Waals surface area contributed by atoms with E-state index in [0.29, 0.717) is 23.7 Å². The summed E-state index contributed by atoms with van der Waals surface area (Å²) >= 11 is 0. The van der Waals surface area contributed by atoms with Crippen LogP contribution in [0.5, 0.6) is 11.5 Å². The molecule has 3 nitrogen and oxygen atoms in total. The number of hydrogen-bond donors (Lipinski definition) is 0. The molecule has 1 rings (SSSR count). The molecule has 0 heterocycles. The molecular formula is C11H13NO2. The topological polar surface area (TPSA) is 42.2 Å². The maximum atomic E-state index is 8.81. The Kier molecular flexibility index (Phi) is 3.81. The Morgan fingerprint density at radius 2 is 2.21 bits per heavy atom. The summed E-state index contributed by atoms with van der Waals surface area (Å²) in [7, 11) is 1.59. The minimum Gasteiger partial charge on any atom is -0.497 e. The third kappa shape index (κ3) is 2.40. The molecule has 0 aliphatic carbocycles. The Morgan fingerprint density at radius 1 is 1.43 bits per heavy atom. The molecule has 0 unspecified atom stereocenters. The SMILES string of the molecule is CCCOc1cc(OC)ccc1C#N. The molecule has 0 radical (unpaired) electrons. The lowest BCUT2D eigenvalue weighted by molar-refractivity contribution is 0.313. The maximum Gasteiger partial charge on any atom is 0.140 e. The van der Waals surface area contributed by atoms with Crippen LogP contribution >= 0.6 is 0 Å². The summed E-state index contributed by atoms with van der Waals surface area (Å²) in [6.07, 6.45) is 0.919. The van der Waals surface area contributed by atoms with E-state index in [1.165, 1.54) is 0 Å². The zero-order chi connectivity index (χ0) is 10.4. The molecule has 0 spiro atoms. The Morgan fingerprint density at radius 3 is 2.79 bits per heavy atom. The van der Waals surface area contributed by atoms with Crippen molar-refractivity contribution in [3.8, 4) is 17.6 Å². The number of hydrogen-bond acceptors (Lipinski definition) is 3. The lowest BCUT2D eigenvalue weighted by Gasteiger charge is -2.07. The summed E-state index contributed by atoms with van der Waals surface area (Å²) < 4.78 is 10.5. The third-order valence-corrected chi connectivity index (χ3v) is 1.77. The zero-order valence-electron chi connectivity index (χ0n) is 8.41. The van der Waals surface area contributed by atoms with E-state index in [1.54, 1.807) is 25.3 Å². The van der Waals surface area contributed by atoms with Gasteiger partial charge in [-0.05, 0) is 18.6 Å². The van der Waals surface area contributed by atoms with Gasteiger partial charge in [-0.2, -0.15) is 5.26 Å². The van der Waals surface area contributed by atoms with E-state index < -0.39 is 0 Å². The summed E-state index contributed by atoms with van der Waals surface area (Å²) in [5.74, 6) is 1.30. The summed E-state index contributed by atoms with van der Waals surface area (Å²) in [4.78, 5) is 0. The molecule has 0 amide bonds. The molecule has 1 aromatic carbocycles. The van der Waals surface area contributed by atoms with Crippen LogP contribution in [-0.2, 0) is 0 Å². The van der Waals surface area contributed by atoms with Gasteiger partial charge in [-0.15, -0.1) is 0 Å². The lowest BCUT2D eigenvalue weighted by atomic mass is 10.2. The number of benzene rings is 1. The quantitative estimate of drug-likeness (QED) is 0.733. The number of nitrogens with zero attached hydrogens (tertiary/aromatic N) is 1. The number of ether oxygens (including phenoxy) is 2. The zero-order valence-corrected chi connectivity index (χ0v) is 8.41. The highest BCUT2D eigenvalue weighted by Gasteiger charge is 2.04.